The molecule has 0 saturated heterocycles. The van der Waals surface area contributed by atoms with Gasteiger partial charge in [0.2, 0.25) is 0 Å². The second-order valence-electron chi connectivity index (χ2n) is 7.59. The molecule has 0 aliphatic carbocycles. The summed E-state index contributed by atoms with van der Waals surface area (Å²) >= 11 is 0. The molecule has 0 atom stereocenters. The summed E-state index contributed by atoms with van der Waals surface area (Å²) in [7, 11) is 0. The van der Waals surface area contributed by atoms with E-state index in [1.807, 2.05) is 42.7 Å². The first-order valence-corrected chi connectivity index (χ1v) is 10.5. The van der Waals surface area contributed by atoms with Gasteiger partial charge < -0.3 is 4.42 Å². The van der Waals surface area contributed by atoms with Gasteiger partial charge >= 0.3 is 0 Å². The third-order valence-electron chi connectivity index (χ3n) is 5.68. The van der Waals surface area contributed by atoms with Crippen molar-refractivity contribution in [3.63, 3.8) is 0 Å². The van der Waals surface area contributed by atoms with Gasteiger partial charge in [0.25, 0.3) is 0 Å². The van der Waals surface area contributed by atoms with Crippen molar-refractivity contribution in [2.75, 3.05) is 0 Å². The van der Waals surface area contributed by atoms with Crippen molar-refractivity contribution < 1.29 is 4.42 Å². The van der Waals surface area contributed by atoms with Crippen LogP contribution in [0.2, 0.25) is 0 Å². The Hall–Kier alpha value is -4.44. The lowest BCUT2D eigenvalue weighted by atomic mass is 9.95. The molecule has 152 valence electrons. The monoisotopic (exact) mass is 413 g/mol. The lowest BCUT2D eigenvalue weighted by Crippen LogP contribution is -2.02. The normalized spacial score (nSPS) is 11.1. The van der Waals surface area contributed by atoms with Gasteiger partial charge in [-0.25, -0.2) is 9.97 Å². The number of hydrogen-bond donors (Lipinski definition) is 0. The average Bonchev–Trinajstić information content (AvgIpc) is 3.54. The average molecular weight is 413 g/mol. The molecular formula is C28H19N3O. The standard InChI is InChI=1S/C28H19N3O/c1-3-8-20(9-4-1)23-12-7-13-24(21-10-5-2-6-11-21)27(23)31-17-16-29-28(31)22-14-15-25-26(18-22)32-19-30-25/h1-19H. The summed E-state index contributed by atoms with van der Waals surface area (Å²) < 4.78 is 7.71. The fourth-order valence-corrected chi connectivity index (χ4v) is 4.20. The first kappa shape index (κ1) is 18.3. The number of para-hydroxylation sites is 1. The Labute approximate surface area is 185 Å². The van der Waals surface area contributed by atoms with Crippen LogP contribution in [0.25, 0.3) is 50.4 Å². The molecule has 0 radical (unpaired) electrons. The minimum Gasteiger partial charge on any atom is -0.443 e. The van der Waals surface area contributed by atoms with Gasteiger partial charge in [0.1, 0.15) is 11.3 Å². The van der Waals surface area contributed by atoms with Crippen molar-refractivity contribution >= 4 is 11.1 Å². The van der Waals surface area contributed by atoms with Gasteiger partial charge in [0.15, 0.2) is 12.0 Å². The van der Waals surface area contributed by atoms with Crippen molar-refractivity contribution in [1.29, 1.82) is 0 Å². The zero-order valence-corrected chi connectivity index (χ0v) is 17.2. The molecule has 0 spiro atoms. The molecule has 4 nitrogen and oxygen atoms in total. The zero-order valence-electron chi connectivity index (χ0n) is 17.2. The Balaban J connectivity index is 1.63. The highest BCUT2D eigenvalue weighted by molar-refractivity contribution is 5.87. The molecular weight excluding hydrogens is 394 g/mol. The summed E-state index contributed by atoms with van der Waals surface area (Å²) in [6.45, 7) is 0. The van der Waals surface area contributed by atoms with Crippen LogP contribution in [0.5, 0.6) is 0 Å². The van der Waals surface area contributed by atoms with E-state index in [1.165, 1.54) is 6.39 Å². The molecule has 0 N–H and O–H groups in total. The van der Waals surface area contributed by atoms with Gasteiger partial charge in [0.05, 0.1) is 5.69 Å². The van der Waals surface area contributed by atoms with E-state index in [-0.39, 0.29) is 0 Å². The molecule has 0 unspecified atom stereocenters. The summed E-state index contributed by atoms with van der Waals surface area (Å²) in [5.41, 5.74) is 8.25. The van der Waals surface area contributed by atoms with Gasteiger partial charge in [-0.15, -0.1) is 0 Å². The smallest absolute Gasteiger partial charge is 0.181 e. The van der Waals surface area contributed by atoms with E-state index < -0.39 is 0 Å². The Kier molecular flexibility index (Phi) is 4.40. The van der Waals surface area contributed by atoms with Gasteiger partial charge in [-0.05, 0) is 29.3 Å². The van der Waals surface area contributed by atoms with Crippen LogP contribution in [-0.2, 0) is 0 Å². The third kappa shape index (κ3) is 3.10. The number of fused-ring (bicyclic) bond motifs is 1. The van der Waals surface area contributed by atoms with Crippen molar-refractivity contribution in [2.24, 2.45) is 0 Å². The van der Waals surface area contributed by atoms with Crippen molar-refractivity contribution in [3.8, 4) is 39.3 Å². The summed E-state index contributed by atoms with van der Waals surface area (Å²) in [5.74, 6) is 0.851. The Morgan fingerprint density at radius 3 is 2.00 bits per heavy atom. The second kappa shape index (κ2) is 7.67. The van der Waals surface area contributed by atoms with Crippen molar-refractivity contribution in [3.05, 3.63) is 116 Å². The Morgan fingerprint density at radius 1 is 0.625 bits per heavy atom. The van der Waals surface area contributed by atoms with Crippen LogP contribution in [0, 0.1) is 0 Å². The number of benzene rings is 4. The molecule has 2 heterocycles. The Morgan fingerprint density at radius 2 is 1.31 bits per heavy atom. The Bertz CT molecular complexity index is 1460. The van der Waals surface area contributed by atoms with Crippen LogP contribution in [0.15, 0.2) is 120 Å². The number of imidazole rings is 1. The van der Waals surface area contributed by atoms with E-state index in [4.69, 9.17) is 9.40 Å². The van der Waals surface area contributed by atoms with E-state index in [0.29, 0.717) is 0 Å². The van der Waals surface area contributed by atoms with Crippen LogP contribution in [0.3, 0.4) is 0 Å². The molecule has 4 aromatic carbocycles. The van der Waals surface area contributed by atoms with Gasteiger partial charge in [-0.2, -0.15) is 0 Å². The number of aromatic nitrogens is 3. The molecule has 4 heteroatoms. The molecule has 0 fully saturated rings. The van der Waals surface area contributed by atoms with E-state index in [1.54, 1.807) is 0 Å². The summed E-state index contributed by atoms with van der Waals surface area (Å²) in [4.78, 5) is 8.96. The van der Waals surface area contributed by atoms with E-state index in [9.17, 15) is 0 Å². The summed E-state index contributed by atoms with van der Waals surface area (Å²) in [5, 5.41) is 0. The summed E-state index contributed by atoms with van der Waals surface area (Å²) in [6, 6.07) is 33.4. The molecule has 6 aromatic rings. The second-order valence-corrected chi connectivity index (χ2v) is 7.59. The quantitative estimate of drug-likeness (QED) is 0.312. The van der Waals surface area contributed by atoms with Crippen LogP contribution in [-0.4, -0.2) is 14.5 Å². The minimum atomic E-state index is 0.747. The molecule has 0 aliphatic rings. The molecule has 0 saturated carbocycles. The highest BCUT2D eigenvalue weighted by Gasteiger charge is 2.18. The van der Waals surface area contributed by atoms with Crippen LogP contribution in [0.4, 0.5) is 0 Å². The molecule has 2 aromatic heterocycles. The molecule has 0 aliphatic heterocycles. The van der Waals surface area contributed by atoms with Gasteiger partial charge in [0, 0.05) is 29.1 Å². The molecule has 0 amide bonds. The predicted octanol–water partition coefficient (Wildman–Crippen LogP) is 7.01. The van der Waals surface area contributed by atoms with Gasteiger partial charge in [-0.1, -0.05) is 78.9 Å². The lowest BCUT2D eigenvalue weighted by Gasteiger charge is -2.18. The number of nitrogens with zero attached hydrogens (tertiary/aromatic N) is 3. The number of oxazole rings is 1. The zero-order chi connectivity index (χ0) is 21.3. The van der Waals surface area contributed by atoms with Crippen molar-refractivity contribution in [2.45, 2.75) is 0 Å². The van der Waals surface area contributed by atoms with Gasteiger partial charge in [-0.3, -0.25) is 4.57 Å². The highest BCUT2D eigenvalue weighted by atomic mass is 16.3. The number of rotatable bonds is 4. The van der Waals surface area contributed by atoms with E-state index >= 15 is 0 Å². The predicted molar refractivity (Wildman–Crippen MR) is 127 cm³/mol. The maximum absolute atomic E-state index is 5.54. The minimum absolute atomic E-state index is 0.747. The van der Waals surface area contributed by atoms with E-state index in [2.05, 4.69) is 76.3 Å². The number of hydrogen-bond acceptors (Lipinski definition) is 3. The lowest BCUT2D eigenvalue weighted by molar-refractivity contribution is 0.602. The van der Waals surface area contributed by atoms with Crippen LogP contribution >= 0.6 is 0 Å². The maximum atomic E-state index is 5.54. The fourth-order valence-electron chi connectivity index (χ4n) is 4.20. The SMILES string of the molecule is c1ccc(-c2cccc(-c3ccccc3)c2-n2ccnc2-c2ccc3ncoc3c2)cc1. The maximum Gasteiger partial charge on any atom is 0.181 e. The topological polar surface area (TPSA) is 43.9 Å². The van der Waals surface area contributed by atoms with Crippen LogP contribution < -0.4 is 0 Å². The highest BCUT2D eigenvalue weighted by Crippen LogP contribution is 2.37. The van der Waals surface area contributed by atoms with E-state index in [0.717, 1.165) is 50.4 Å². The molecule has 32 heavy (non-hydrogen) atoms. The third-order valence-corrected chi connectivity index (χ3v) is 5.68. The largest absolute Gasteiger partial charge is 0.443 e. The first-order valence-electron chi connectivity index (χ1n) is 10.5. The van der Waals surface area contributed by atoms with Crippen LogP contribution in [0.1, 0.15) is 0 Å². The first-order chi connectivity index (χ1) is 15.9. The summed E-state index contributed by atoms with van der Waals surface area (Å²) in [6.07, 6.45) is 5.34. The fraction of sp³-hybridized carbons (Fsp3) is 0. The van der Waals surface area contributed by atoms with Crippen molar-refractivity contribution in [1.82, 2.24) is 14.5 Å². The molecule has 6 rings (SSSR count). The molecule has 0 bridgehead atoms.